The maximum absolute atomic E-state index is 11.5. The molecule has 0 radical (unpaired) electrons. The second-order valence-corrected chi connectivity index (χ2v) is 6.09. The molecule has 1 aromatic carbocycles. The number of sulfone groups is 1. The topological polar surface area (TPSA) is 51.2 Å². The number of hydrogen-bond donors (Lipinski definition) is 0. The van der Waals surface area contributed by atoms with Gasteiger partial charge in [0.25, 0.3) is 0 Å². The third-order valence-corrected chi connectivity index (χ3v) is 3.43. The largest absolute Gasteiger partial charge is 0.302 e. The van der Waals surface area contributed by atoms with Crippen molar-refractivity contribution in [3.8, 4) is 0 Å². The van der Waals surface area contributed by atoms with Crippen molar-refractivity contribution in [2.45, 2.75) is 24.2 Å². The molecule has 82 valence electrons. The van der Waals surface area contributed by atoms with Gasteiger partial charge < -0.3 is 4.79 Å². The average molecular weight is 226 g/mol. The van der Waals surface area contributed by atoms with Crippen LogP contribution in [0.15, 0.2) is 29.2 Å². The first kappa shape index (κ1) is 11.9. The summed E-state index contributed by atoms with van der Waals surface area (Å²) >= 11 is 0. The van der Waals surface area contributed by atoms with Gasteiger partial charge in [-0.25, -0.2) is 8.42 Å². The van der Waals surface area contributed by atoms with E-state index in [-0.39, 0.29) is 4.90 Å². The highest BCUT2D eigenvalue weighted by Crippen LogP contribution is 2.27. The molecule has 0 aliphatic heterocycles. The Hall–Kier alpha value is -1.16. The van der Waals surface area contributed by atoms with Gasteiger partial charge in [-0.05, 0) is 25.5 Å². The summed E-state index contributed by atoms with van der Waals surface area (Å²) < 4.78 is 23.0. The van der Waals surface area contributed by atoms with Crippen LogP contribution in [-0.4, -0.2) is 21.0 Å². The predicted molar refractivity (Wildman–Crippen MR) is 58.6 cm³/mol. The number of carbonyl (C=O) groups is 1. The molecule has 0 amide bonds. The lowest BCUT2D eigenvalue weighted by Gasteiger charge is -2.20. The van der Waals surface area contributed by atoms with Crippen LogP contribution in [0.4, 0.5) is 0 Å². The molecule has 0 unspecified atom stereocenters. The zero-order valence-corrected chi connectivity index (χ0v) is 9.84. The molecule has 15 heavy (non-hydrogen) atoms. The van der Waals surface area contributed by atoms with E-state index in [0.29, 0.717) is 5.56 Å². The number of aldehydes is 1. The predicted octanol–water partition coefficient (Wildman–Crippen LogP) is 1.57. The Morgan fingerprint density at radius 1 is 1.20 bits per heavy atom. The highest BCUT2D eigenvalue weighted by Gasteiger charge is 2.26. The molecule has 3 nitrogen and oxygen atoms in total. The summed E-state index contributed by atoms with van der Waals surface area (Å²) in [5.41, 5.74) is -0.234. The number of rotatable bonds is 3. The van der Waals surface area contributed by atoms with Crippen LogP contribution in [-0.2, 0) is 20.0 Å². The first-order valence-electron chi connectivity index (χ1n) is 4.55. The third kappa shape index (κ3) is 2.45. The molecule has 0 saturated carbocycles. The second kappa shape index (κ2) is 3.77. The Morgan fingerprint density at radius 2 is 1.73 bits per heavy atom. The van der Waals surface area contributed by atoms with Crippen molar-refractivity contribution in [2.75, 3.05) is 6.26 Å². The van der Waals surface area contributed by atoms with E-state index in [2.05, 4.69) is 0 Å². The lowest BCUT2D eigenvalue weighted by molar-refractivity contribution is -0.111. The molecule has 0 bridgehead atoms. The third-order valence-electron chi connectivity index (χ3n) is 2.28. The van der Waals surface area contributed by atoms with Crippen LogP contribution < -0.4 is 0 Å². The van der Waals surface area contributed by atoms with E-state index in [1.807, 2.05) is 0 Å². The molecule has 0 saturated heterocycles. The first-order valence-corrected chi connectivity index (χ1v) is 6.44. The van der Waals surface area contributed by atoms with Crippen molar-refractivity contribution in [2.24, 2.45) is 0 Å². The summed E-state index contributed by atoms with van der Waals surface area (Å²) in [4.78, 5) is 11.1. The normalized spacial score (nSPS) is 12.5. The van der Waals surface area contributed by atoms with E-state index < -0.39 is 15.3 Å². The van der Waals surface area contributed by atoms with Crippen molar-refractivity contribution in [3.05, 3.63) is 29.8 Å². The fourth-order valence-corrected chi connectivity index (χ4v) is 2.44. The molecule has 1 aromatic rings. The molecule has 0 aromatic heterocycles. The van der Waals surface area contributed by atoms with Crippen molar-refractivity contribution in [1.29, 1.82) is 0 Å². The Bertz CT molecular complexity index is 472. The lowest BCUT2D eigenvalue weighted by atomic mass is 9.86. The molecular formula is C11H14O3S. The molecule has 0 heterocycles. The van der Waals surface area contributed by atoms with Crippen molar-refractivity contribution in [3.63, 3.8) is 0 Å². The van der Waals surface area contributed by atoms with Crippen LogP contribution >= 0.6 is 0 Å². The molecule has 0 aliphatic rings. The Labute approximate surface area is 90.0 Å². The van der Waals surface area contributed by atoms with Gasteiger partial charge in [-0.3, -0.25) is 0 Å². The average Bonchev–Trinajstić information content (AvgIpc) is 2.16. The van der Waals surface area contributed by atoms with Gasteiger partial charge in [-0.2, -0.15) is 0 Å². The number of carbonyl (C=O) groups excluding carboxylic acids is 1. The van der Waals surface area contributed by atoms with Crippen molar-refractivity contribution in [1.82, 2.24) is 0 Å². The van der Waals surface area contributed by atoms with Crippen molar-refractivity contribution < 1.29 is 13.2 Å². The van der Waals surface area contributed by atoms with Gasteiger partial charge in [0.1, 0.15) is 6.29 Å². The van der Waals surface area contributed by atoms with Gasteiger partial charge in [-0.1, -0.05) is 18.2 Å². The molecular weight excluding hydrogens is 212 g/mol. The van der Waals surface area contributed by atoms with E-state index in [4.69, 9.17) is 0 Å². The van der Waals surface area contributed by atoms with Crippen LogP contribution in [0.2, 0.25) is 0 Å². The SMILES string of the molecule is CC(C)(C=O)c1ccccc1S(C)(=O)=O. The van der Waals surface area contributed by atoms with Crippen LogP contribution in [0, 0.1) is 0 Å². The van der Waals surface area contributed by atoms with Gasteiger partial charge in [0.15, 0.2) is 9.84 Å². The minimum Gasteiger partial charge on any atom is -0.302 e. The maximum Gasteiger partial charge on any atom is 0.175 e. The summed E-state index contributed by atoms with van der Waals surface area (Å²) in [6.45, 7) is 3.40. The van der Waals surface area contributed by atoms with Crippen LogP contribution in [0.1, 0.15) is 19.4 Å². The second-order valence-electron chi connectivity index (χ2n) is 4.11. The van der Waals surface area contributed by atoms with Crippen LogP contribution in [0.5, 0.6) is 0 Å². The lowest BCUT2D eigenvalue weighted by Crippen LogP contribution is -2.21. The van der Waals surface area contributed by atoms with E-state index in [9.17, 15) is 13.2 Å². The molecule has 1 rings (SSSR count). The Kier molecular flexibility index (Phi) is 3.00. The summed E-state index contributed by atoms with van der Waals surface area (Å²) in [5, 5.41) is 0. The quantitative estimate of drug-likeness (QED) is 0.735. The van der Waals surface area contributed by atoms with E-state index in [1.54, 1.807) is 32.0 Å². The van der Waals surface area contributed by atoms with E-state index in [0.717, 1.165) is 12.5 Å². The summed E-state index contributed by atoms with van der Waals surface area (Å²) in [7, 11) is -3.29. The smallest absolute Gasteiger partial charge is 0.175 e. The van der Waals surface area contributed by atoms with Crippen molar-refractivity contribution >= 4 is 16.1 Å². The zero-order valence-electron chi connectivity index (χ0n) is 9.02. The fraction of sp³-hybridized carbons (Fsp3) is 0.364. The molecule has 0 N–H and O–H groups in total. The van der Waals surface area contributed by atoms with E-state index >= 15 is 0 Å². The summed E-state index contributed by atoms with van der Waals surface area (Å²) in [6, 6.07) is 6.58. The first-order chi connectivity index (χ1) is 6.79. The summed E-state index contributed by atoms with van der Waals surface area (Å²) in [6.07, 6.45) is 1.91. The zero-order chi connectivity index (χ0) is 11.7. The maximum atomic E-state index is 11.5. The molecule has 0 atom stereocenters. The minimum absolute atomic E-state index is 0.224. The van der Waals surface area contributed by atoms with Crippen LogP contribution in [0.25, 0.3) is 0 Å². The van der Waals surface area contributed by atoms with Gasteiger partial charge in [0.05, 0.1) is 4.90 Å². The van der Waals surface area contributed by atoms with Gasteiger partial charge in [0, 0.05) is 11.7 Å². The number of hydrogen-bond acceptors (Lipinski definition) is 3. The minimum atomic E-state index is -3.29. The molecule has 0 spiro atoms. The highest BCUT2D eigenvalue weighted by atomic mass is 32.2. The highest BCUT2D eigenvalue weighted by molar-refractivity contribution is 7.90. The molecule has 4 heteroatoms. The summed E-state index contributed by atoms with van der Waals surface area (Å²) in [5.74, 6) is 0. The molecule has 0 aliphatic carbocycles. The van der Waals surface area contributed by atoms with Gasteiger partial charge >= 0.3 is 0 Å². The van der Waals surface area contributed by atoms with Crippen LogP contribution in [0.3, 0.4) is 0 Å². The standard InChI is InChI=1S/C11H14O3S/c1-11(2,8-12)9-6-4-5-7-10(9)15(3,13)14/h4-8H,1-3H3. The fourth-order valence-electron chi connectivity index (χ4n) is 1.39. The number of benzene rings is 1. The molecule has 0 fully saturated rings. The van der Waals surface area contributed by atoms with Gasteiger partial charge in [-0.15, -0.1) is 0 Å². The Balaban J connectivity index is 3.51. The monoisotopic (exact) mass is 226 g/mol. The van der Waals surface area contributed by atoms with Gasteiger partial charge in [0.2, 0.25) is 0 Å². The van der Waals surface area contributed by atoms with E-state index in [1.165, 1.54) is 6.07 Å². The Morgan fingerprint density at radius 3 is 2.20 bits per heavy atom.